The van der Waals surface area contributed by atoms with Crippen LogP contribution in [0.2, 0.25) is 0 Å². The second-order valence-electron chi connectivity index (χ2n) is 13.9. The van der Waals surface area contributed by atoms with Gasteiger partial charge < -0.3 is 45.0 Å². The Morgan fingerprint density at radius 3 is 2.30 bits per heavy atom. The second-order valence-corrected chi connectivity index (χ2v) is 13.9. The van der Waals surface area contributed by atoms with Gasteiger partial charge in [-0.3, -0.25) is 43.7 Å². The number of para-hydroxylation sites is 1. The molecule has 2 aromatic heterocycles. The molecule has 1 saturated heterocycles. The van der Waals surface area contributed by atoms with E-state index in [4.69, 9.17) is 23.7 Å². The lowest BCUT2D eigenvalue weighted by molar-refractivity contribution is -0.136. The van der Waals surface area contributed by atoms with Crippen LogP contribution in [0.4, 0.5) is 17.1 Å². The van der Waals surface area contributed by atoms with E-state index < -0.39 is 35.6 Å². The van der Waals surface area contributed by atoms with E-state index >= 15 is 0 Å². The minimum atomic E-state index is -1.01. The zero-order valence-corrected chi connectivity index (χ0v) is 34.8. The van der Waals surface area contributed by atoms with E-state index in [1.165, 1.54) is 20.4 Å². The Bertz CT molecular complexity index is 2270. The van der Waals surface area contributed by atoms with Crippen molar-refractivity contribution in [2.75, 3.05) is 90.7 Å². The molecule has 0 aliphatic carbocycles. The molecule has 2 aromatic carbocycles. The van der Waals surface area contributed by atoms with Gasteiger partial charge in [0.05, 0.1) is 101 Å². The molecule has 1 fully saturated rings. The summed E-state index contributed by atoms with van der Waals surface area (Å²) in [5.41, 5.74) is 2.80. The number of benzene rings is 2. The smallest absolute Gasteiger partial charge is 0.273 e. The van der Waals surface area contributed by atoms with Crippen LogP contribution in [0.5, 0.6) is 5.75 Å². The molecule has 2 aliphatic rings. The van der Waals surface area contributed by atoms with E-state index in [2.05, 4.69) is 46.9 Å². The van der Waals surface area contributed by atoms with Crippen molar-refractivity contribution in [2.45, 2.75) is 31.8 Å². The molecule has 0 saturated carbocycles. The first-order chi connectivity index (χ1) is 30.7. The number of carbonyl (C=O) groups excluding carboxylic acids is 6. The van der Waals surface area contributed by atoms with Crippen molar-refractivity contribution in [1.29, 1.82) is 0 Å². The molecule has 6 amide bonds. The van der Waals surface area contributed by atoms with E-state index in [0.717, 1.165) is 4.90 Å². The normalized spacial score (nSPS) is 14.6. The maximum Gasteiger partial charge on any atom is 0.273 e. The molecule has 22 heteroatoms. The summed E-state index contributed by atoms with van der Waals surface area (Å²) >= 11 is 0. The van der Waals surface area contributed by atoms with Crippen LogP contribution in [0, 0.1) is 0 Å². The summed E-state index contributed by atoms with van der Waals surface area (Å²) < 4.78 is 29.5. The van der Waals surface area contributed by atoms with Gasteiger partial charge in [0.15, 0.2) is 17.3 Å². The van der Waals surface area contributed by atoms with Crippen molar-refractivity contribution in [3.8, 4) is 17.1 Å². The molecule has 2 aliphatic heterocycles. The molecule has 1 unspecified atom stereocenters. The van der Waals surface area contributed by atoms with Crippen LogP contribution in [0.1, 0.15) is 50.5 Å². The van der Waals surface area contributed by atoms with Crippen molar-refractivity contribution < 1.29 is 52.5 Å². The van der Waals surface area contributed by atoms with Gasteiger partial charge in [-0.25, -0.2) is 4.98 Å². The lowest BCUT2D eigenvalue weighted by Crippen LogP contribution is -2.54. The molecule has 0 radical (unpaired) electrons. The number of imide groups is 2. The SMILES string of the molecule is CNC(=O)c1nnccc1Nc1cccc(-c2ncn(CCNC(=O)CCOCCOCCOCCOCCNc3ccc4c(c3)C(=O)N(C3CCC(=O)NC3=O)C4=O)n2)c1OC. The minimum Gasteiger partial charge on any atom is -0.494 e. The average molecular weight is 872 g/mol. The third-order valence-corrected chi connectivity index (χ3v) is 9.70. The molecule has 0 bridgehead atoms. The van der Waals surface area contributed by atoms with Crippen LogP contribution >= 0.6 is 0 Å². The molecule has 1 atom stereocenters. The van der Waals surface area contributed by atoms with Crippen molar-refractivity contribution >= 4 is 52.5 Å². The highest BCUT2D eigenvalue weighted by Crippen LogP contribution is 2.37. The van der Waals surface area contributed by atoms with Gasteiger partial charge in [-0.2, -0.15) is 10.2 Å². The number of nitrogens with one attached hydrogen (secondary N) is 5. The predicted molar refractivity (Wildman–Crippen MR) is 223 cm³/mol. The van der Waals surface area contributed by atoms with Gasteiger partial charge in [0.2, 0.25) is 17.7 Å². The average Bonchev–Trinajstić information content (AvgIpc) is 3.85. The number of anilines is 3. The lowest BCUT2D eigenvalue weighted by atomic mass is 10.0. The third kappa shape index (κ3) is 12.2. The second kappa shape index (κ2) is 22.8. The summed E-state index contributed by atoms with van der Waals surface area (Å²) in [6, 6.07) is 10.8. The monoisotopic (exact) mass is 871 g/mol. The zero-order chi connectivity index (χ0) is 44.6. The Balaban J connectivity index is 0.764. The van der Waals surface area contributed by atoms with Crippen LogP contribution in [-0.4, -0.2) is 151 Å². The maximum absolute atomic E-state index is 13.0. The molecule has 6 rings (SSSR count). The first kappa shape index (κ1) is 45.6. The number of ether oxygens (including phenoxy) is 5. The first-order valence-corrected chi connectivity index (χ1v) is 20.2. The number of fused-ring (bicyclic) bond motifs is 1. The van der Waals surface area contributed by atoms with Crippen LogP contribution < -0.4 is 31.3 Å². The van der Waals surface area contributed by atoms with Gasteiger partial charge in [0, 0.05) is 38.7 Å². The van der Waals surface area contributed by atoms with E-state index in [1.54, 1.807) is 41.3 Å². The third-order valence-electron chi connectivity index (χ3n) is 9.70. The summed E-state index contributed by atoms with van der Waals surface area (Å²) in [5.74, 6) is -1.86. The highest BCUT2D eigenvalue weighted by atomic mass is 16.6. The van der Waals surface area contributed by atoms with Crippen molar-refractivity contribution in [1.82, 2.24) is 45.8 Å². The molecule has 63 heavy (non-hydrogen) atoms. The molecular weight excluding hydrogens is 823 g/mol. The molecule has 334 valence electrons. The number of nitrogens with zero attached hydrogens (tertiary/aromatic N) is 6. The molecule has 22 nitrogen and oxygen atoms in total. The van der Waals surface area contributed by atoms with E-state index in [-0.39, 0.29) is 48.6 Å². The van der Waals surface area contributed by atoms with Gasteiger partial charge in [-0.05, 0) is 42.8 Å². The van der Waals surface area contributed by atoms with E-state index in [0.29, 0.717) is 100 Å². The summed E-state index contributed by atoms with van der Waals surface area (Å²) in [5, 5.41) is 26.2. The number of methoxy groups -OCH3 is 1. The number of rotatable bonds is 25. The van der Waals surface area contributed by atoms with Gasteiger partial charge in [0.1, 0.15) is 12.4 Å². The predicted octanol–water partition coefficient (Wildman–Crippen LogP) is 0.933. The van der Waals surface area contributed by atoms with Gasteiger partial charge >= 0.3 is 0 Å². The van der Waals surface area contributed by atoms with Crippen molar-refractivity contribution in [2.24, 2.45) is 0 Å². The molecule has 0 spiro atoms. The number of amides is 6. The van der Waals surface area contributed by atoms with E-state index in [1.807, 2.05) is 12.1 Å². The number of hydrogen-bond donors (Lipinski definition) is 5. The van der Waals surface area contributed by atoms with Gasteiger partial charge in [0.25, 0.3) is 17.7 Å². The molecular formula is C41H49N11O11. The Labute approximate surface area is 361 Å². The highest BCUT2D eigenvalue weighted by Gasteiger charge is 2.44. The first-order valence-electron chi connectivity index (χ1n) is 20.2. The summed E-state index contributed by atoms with van der Waals surface area (Å²) in [6.45, 7) is 3.92. The van der Waals surface area contributed by atoms with Crippen molar-refractivity contribution in [3.05, 3.63) is 71.8 Å². The Morgan fingerprint density at radius 2 is 1.57 bits per heavy atom. The van der Waals surface area contributed by atoms with Gasteiger partial charge in [-0.15, -0.1) is 5.10 Å². The summed E-state index contributed by atoms with van der Waals surface area (Å²) in [4.78, 5) is 79.6. The largest absolute Gasteiger partial charge is 0.494 e. The Kier molecular flexibility index (Phi) is 16.5. The Morgan fingerprint density at radius 1 is 0.841 bits per heavy atom. The topological polar surface area (TPSA) is 268 Å². The minimum absolute atomic E-state index is 0.0595. The molecule has 4 aromatic rings. The van der Waals surface area contributed by atoms with Crippen LogP contribution in [0.3, 0.4) is 0 Å². The number of piperidine rings is 1. The fraction of sp³-hybridized carbons (Fsp3) is 0.415. The van der Waals surface area contributed by atoms with Crippen molar-refractivity contribution in [3.63, 3.8) is 0 Å². The lowest BCUT2D eigenvalue weighted by Gasteiger charge is -2.27. The quantitative estimate of drug-likeness (QED) is 0.0458. The van der Waals surface area contributed by atoms with Gasteiger partial charge in [-0.1, -0.05) is 6.07 Å². The summed E-state index contributed by atoms with van der Waals surface area (Å²) in [6.07, 6.45) is 3.39. The summed E-state index contributed by atoms with van der Waals surface area (Å²) in [7, 11) is 3.04. The Hall–Kier alpha value is -6.88. The number of carbonyl (C=O) groups is 6. The van der Waals surface area contributed by atoms with Crippen LogP contribution in [0.25, 0.3) is 11.4 Å². The fourth-order valence-corrected chi connectivity index (χ4v) is 6.59. The number of aromatic nitrogens is 5. The molecule has 5 N–H and O–H groups in total. The zero-order valence-electron chi connectivity index (χ0n) is 34.8. The number of hydrogen-bond acceptors (Lipinski definition) is 17. The maximum atomic E-state index is 13.0. The standard InChI is InChI=1S/C41H49N11O11/c1-42-39(56)35-30(10-12-46-49-35)47-31-5-3-4-28(36(31)59-2)37-45-25-51(50-37)15-13-44-33(53)11-16-60-18-20-62-22-23-63-21-19-61-17-14-43-26-6-7-27-29(24-26)41(58)52(40(27)57)32-8-9-34(54)48-38(32)55/h3-7,10,12,24-25,32,43H,8-9,11,13-23H2,1-2H3,(H,42,56)(H,44,53)(H,46,47)(H,48,54,55). The fourth-order valence-electron chi connectivity index (χ4n) is 6.59. The van der Waals surface area contributed by atoms with Crippen LogP contribution in [0.15, 0.2) is 55.0 Å². The molecule has 4 heterocycles. The van der Waals surface area contributed by atoms with E-state index in [9.17, 15) is 28.8 Å². The highest BCUT2D eigenvalue weighted by molar-refractivity contribution is 6.23. The van der Waals surface area contributed by atoms with Crippen LogP contribution in [-0.2, 0) is 39.9 Å².